The van der Waals surface area contributed by atoms with Crippen LogP contribution in [0.4, 0.5) is 4.79 Å². The number of carbonyl (C=O) groups is 2. The zero-order chi connectivity index (χ0) is 17.9. The number of likely N-dealkylation sites (tertiary alicyclic amines) is 1. The fourth-order valence-corrected chi connectivity index (χ4v) is 3.76. The Morgan fingerprint density at radius 3 is 2.60 bits per heavy atom. The molecule has 3 rings (SSSR count). The third kappa shape index (κ3) is 3.95. The minimum atomic E-state index is -0.438. The van der Waals surface area contributed by atoms with E-state index in [-0.39, 0.29) is 17.9 Å². The molecule has 2 fully saturated rings. The third-order valence-electron chi connectivity index (χ3n) is 5.29. The van der Waals surface area contributed by atoms with Crippen molar-refractivity contribution >= 4 is 12.0 Å². The third-order valence-corrected chi connectivity index (χ3v) is 5.29. The van der Waals surface area contributed by atoms with Crippen LogP contribution in [0.5, 0.6) is 0 Å². The van der Waals surface area contributed by atoms with Crippen LogP contribution in [0.25, 0.3) is 0 Å². The molecule has 0 aliphatic carbocycles. The highest BCUT2D eigenvalue weighted by Crippen LogP contribution is 2.34. The molecule has 2 heterocycles. The molecule has 0 unspecified atom stereocenters. The molecule has 0 saturated carbocycles. The van der Waals surface area contributed by atoms with E-state index >= 15 is 0 Å². The number of amides is 2. The van der Waals surface area contributed by atoms with E-state index in [1.807, 2.05) is 28.0 Å². The van der Waals surface area contributed by atoms with Crippen LogP contribution in [-0.4, -0.2) is 60.1 Å². The van der Waals surface area contributed by atoms with Gasteiger partial charge in [-0.15, -0.1) is 0 Å². The molecule has 2 aliphatic heterocycles. The first-order valence-corrected chi connectivity index (χ1v) is 9.04. The Balaban J connectivity index is 1.57. The number of piperidine rings is 1. The predicted molar refractivity (Wildman–Crippen MR) is 95.1 cm³/mol. The SMILES string of the molecule is C[C@H](CN1CC2(CCN(C(=O)CCN)CC2)OC1=O)c1ccccc1. The second-order valence-electron chi connectivity index (χ2n) is 7.16. The molecule has 0 radical (unpaired) electrons. The maximum atomic E-state index is 12.3. The van der Waals surface area contributed by atoms with Gasteiger partial charge in [0.25, 0.3) is 0 Å². The summed E-state index contributed by atoms with van der Waals surface area (Å²) in [6, 6.07) is 10.2. The summed E-state index contributed by atoms with van der Waals surface area (Å²) in [5.41, 5.74) is 6.24. The number of nitrogens with zero attached hydrogens (tertiary/aromatic N) is 2. The van der Waals surface area contributed by atoms with E-state index < -0.39 is 5.60 Å². The van der Waals surface area contributed by atoms with Gasteiger partial charge in [0.15, 0.2) is 0 Å². The number of hydrogen-bond acceptors (Lipinski definition) is 4. The lowest BCUT2D eigenvalue weighted by atomic mass is 9.90. The van der Waals surface area contributed by atoms with Gasteiger partial charge in [-0.1, -0.05) is 37.3 Å². The van der Waals surface area contributed by atoms with Gasteiger partial charge >= 0.3 is 6.09 Å². The summed E-state index contributed by atoms with van der Waals surface area (Å²) in [4.78, 5) is 27.9. The van der Waals surface area contributed by atoms with E-state index in [9.17, 15) is 9.59 Å². The Kier molecular flexibility index (Phi) is 5.27. The number of carbonyl (C=O) groups excluding carboxylic acids is 2. The molecule has 1 atom stereocenters. The Morgan fingerprint density at radius 2 is 1.96 bits per heavy atom. The smallest absolute Gasteiger partial charge is 0.410 e. The van der Waals surface area contributed by atoms with Gasteiger partial charge in [-0.25, -0.2) is 4.79 Å². The predicted octanol–water partition coefficient (Wildman–Crippen LogP) is 1.95. The summed E-state index contributed by atoms with van der Waals surface area (Å²) < 4.78 is 5.75. The summed E-state index contributed by atoms with van der Waals surface area (Å²) >= 11 is 0. The summed E-state index contributed by atoms with van der Waals surface area (Å²) in [5.74, 6) is 0.353. The van der Waals surface area contributed by atoms with E-state index in [0.29, 0.717) is 52.0 Å². The van der Waals surface area contributed by atoms with Gasteiger partial charge in [-0.3, -0.25) is 4.79 Å². The zero-order valence-electron chi connectivity index (χ0n) is 14.8. The van der Waals surface area contributed by atoms with Gasteiger partial charge in [0.2, 0.25) is 5.91 Å². The molecule has 0 bridgehead atoms. The summed E-state index contributed by atoms with van der Waals surface area (Å²) in [7, 11) is 0. The van der Waals surface area contributed by atoms with Gasteiger partial charge in [-0.2, -0.15) is 0 Å². The molecular formula is C19H27N3O3. The maximum absolute atomic E-state index is 12.3. The largest absolute Gasteiger partial charge is 0.441 e. The van der Waals surface area contributed by atoms with Crippen molar-refractivity contribution < 1.29 is 14.3 Å². The quantitative estimate of drug-likeness (QED) is 0.885. The molecule has 2 amide bonds. The molecular weight excluding hydrogens is 318 g/mol. The van der Waals surface area contributed by atoms with Crippen LogP contribution >= 0.6 is 0 Å². The monoisotopic (exact) mass is 345 g/mol. The Morgan fingerprint density at radius 1 is 1.28 bits per heavy atom. The first-order chi connectivity index (χ1) is 12.0. The summed E-state index contributed by atoms with van der Waals surface area (Å²) in [6.45, 7) is 5.03. The van der Waals surface area contributed by atoms with Gasteiger partial charge in [0.1, 0.15) is 5.60 Å². The van der Waals surface area contributed by atoms with E-state index in [2.05, 4.69) is 19.1 Å². The number of ether oxygens (including phenoxy) is 1. The number of rotatable bonds is 5. The van der Waals surface area contributed by atoms with Crippen molar-refractivity contribution in [3.05, 3.63) is 35.9 Å². The second kappa shape index (κ2) is 7.44. The van der Waals surface area contributed by atoms with Crippen molar-refractivity contribution in [2.24, 2.45) is 5.73 Å². The molecule has 6 heteroatoms. The molecule has 136 valence electrons. The van der Waals surface area contributed by atoms with Crippen LogP contribution in [0, 0.1) is 0 Å². The topological polar surface area (TPSA) is 75.9 Å². The minimum Gasteiger partial charge on any atom is -0.441 e. The van der Waals surface area contributed by atoms with E-state index in [4.69, 9.17) is 10.5 Å². The molecule has 25 heavy (non-hydrogen) atoms. The van der Waals surface area contributed by atoms with E-state index in [0.717, 1.165) is 0 Å². The first-order valence-electron chi connectivity index (χ1n) is 9.04. The normalized spacial score (nSPS) is 20.6. The highest BCUT2D eigenvalue weighted by molar-refractivity contribution is 5.76. The zero-order valence-corrected chi connectivity index (χ0v) is 14.8. The molecule has 2 aliphatic rings. The van der Waals surface area contributed by atoms with Gasteiger partial charge < -0.3 is 20.3 Å². The van der Waals surface area contributed by atoms with Crippen LogP contribution in [0.1, 0.15) is 37.7 Å². The lowest BCUT2D eigenvalue weighted by molar-refractivity contribution is -0.134. The average Bonchev–Trinajstić information content (AvgIpc) is 2.91. The standard InChI is InChI=1S/C19H27N3O3/c1-15(16-5-3-2-4-6-16)13-22-14-19(25-18(22)24)8-11-21(12-9-19)17(23)7-10-20/h2-6,15H,7-14,20H2,1H3/t15-/m1/s1. The van der Waals surface area contributed by atoms with Crippen LogP contribution in [-0.2, 0) is 9.53 Å². The number of hydrogen-bond donors (Lipinski definition) is 1. The highest BCUT2D eigenvalue weighted by atomic mass is 16.6. The van der Waals surface area contributed by atoms with Crippen LogP contribution in [0.2, 0.25) is 0 Å². The Hall–Kier alpha value is -2.08. The fourth-order valence-electron chi connectivity index (χ4n) is 3.76. The molecule has 2 saturated heterocycles. The van der Waals surface area contributed by atoms with Crippen molar-refractivity contribution in [1.82, 2.24) is 9.80 Å². The van der Waals surface area contributed by atoms with Crippen molar-refractivity contribution in [1.29, 1.82) is 0 Å². The minimum absolute atomic E-state index is 0.0937. The second-order valence-corrected chi connectivity index (χ2v) is 7.16. The lowest BCUT2D eigenvalue weighted by Gasteiger charge is -2.37. The number of nitrogens with two attached hydrogens (primary N) is 1. The van der Waals surface area contributed by atoms with E-state index in [1.165, 1.54) is 5.56 Å². The maximum Gasteiger partial charge on any atom is 0.410 e. The first kappa shape index (κ1) is 17.7. The fraction of sp³-hybridized carbons (Fsp3) is 0.579. The molecule has 2 N–H and O–H groups in total. The Labute approximate surface area is 148 Å². The van der Waals surface area contributed by atoms with E-state index in [1.54, 1.807) is 0 Å². The summed E-state index contributed by atoms with van der Waals surface area (Å²) in [5, 5.41) is 0. The molecule has 6 nitrogen and oxygen atoms in total. The molecule has 1 aromatic rings. The lowest BCUT2D eigenvalue weighted by Crippen LogP contribution is -2.49. The van der Waals surface area contributed by atoms with Gasteiger partial charge in [0.05, 0.1) is 6.54 Å². The molecule has 1 aromatic carbocycles. The highest BCUT2D eigenvalue weighted by Gasteiger charge is 2.47. The van der Waals surface area contributed by atoms with Crippen LogP contribution in [0.3, 0.4) is 0 Å². The van der Waals surface area contributed by atoms with Crippen LogP contribution < -0.4 is 5.73 Å². The van der Waals surface area contributed by atoms with Crippen molar-refractivity contribution in [2.75, 3.05) is 32.7 Å². The van der Waals surface area contributed by atoms with Crippen molar-refractivity contribution in [3.63, 3.8) is 0 Å². The van der Waals surface area contributed by atoms with Gasteiger partial charge in [-0.05, 0) is 11.5 Å². The summed E-state index contributed by atoms with van der Waals surface area (Å²) in [6.07, 6.45) is 1.55. The average molecular weight is 345 g/mol. The van der Waals surface area contributed by atoms with Crippen LogP contribution in [0.15, 0.2) is 30.3 Å². The molecule has 0 aromatic heterocycles. The molecule has 1 spiro atoms. The van der Waals surface area contributed by atoms with Crippen molar-refractivity contribution in [2.45, 2.75) is 37.7 Å². The van der Waals surface area contributed by atoms with Gasteiger partial charge in [0, 0.05) is 45.4 Å². The van der Waals surface area contributed by atoms with Crippen molar-refractivity contribution in [3.8, 4) is 0 Å². The number of benzene rings is 1. The Bertz CT molecular complexity index is 612.